The van der Waals surface area contributed by atoms with E-state index in [4.69, 9.17) is 4.74 Å². The molecule has 0 fully saturated rings. The molecular weight excluding hydrogens is 225 g/mol. The molecule has 4 heteroatoms. The van der Waals surface area contributed by atoms with E-state index in [9.17, 15) is 4.39 Å². The van der Waals surface area contributed by atoms with Gasteiger partial charge in [-0.1, -0.05) is 6.07 Å². The summed E-state index contributed by atoms with van der Waals surface area (Å²) in [5.41, 5.74) is 1.91. The molecule has 0 saturated heterocycles. The van der Waals surface area contributed by atoms with Crippen LogP contribution in [0.25, 0.3) is 0 Å². The predicted molar refractivity (Wildman–Crippen MR) is 62.3 cm³/mol. The van der Waals surface area contributed by atoms with Crippen molar-refractivity contribution in [2.75, 3.05) is 0 Å². The normalized spacial score (nSPS) is 10.4. The van der Waals surface area contributed by atoms with Gasteiger partial charge >= 0.3 is 0 Å². The summed E-state index contributed by atoms with van der Waals surface area (Å²) in [5, 5.41) is 2.87. The van der Waals surface area contributed by atoms with Crippen LogP contribution in [0.5, 0.6) is 5.75 Å². The second-order valence-corrected chi connectivity index (χ2v) is 4.52. The Kier molecular flexibility index (Phi) is 3.19. The number of hydrogen-bond donors (Lipinski definition) is 0. The summed E-state index contributed by atoms with van der Waals surface area (Å²) >= 11 is 1.55. The van der Waals surface area contributed by atoms with Crippen LogP contribution in [0.2, 0.25) is 0 Å². The van der Waals surface area contributed by atoms with E-state index in [1.807, 2.05) is 19.2 Å². The van der Waals surface area contributed by atoms with Gasteiger partial charge in [-0.15, -0.1) is 11.3 Å². The van der Waals surface area contributed by atoms with Crippen LogP contribution in [0.1, 0.15) is 16.3 Å². The first-order valence-electron chi connectivity index (χ1n) is 4.95. The number of halogens is 1. The van der Waals surface area contributed by atoms with Gasteiger partial charge in [0.15, 0.2) is 0 Å². The lowest BCUT2D eigenvalue weighted by molar-refractivity contribution is 0.301. The maximum Gasteiger partial charge on any atom is 0.140 e. The number of benzene rings is 1. The zero-order chi connectivity index (χ0) is 11.5. The Morgan fingerprint density at radius 2 is 2.19 bits per heavy atom. The van der Waals surface area contributed by atoms with E-state index in [0.717, 1.165) is 16.3 Å². The Hall–Kier alpha value is -1.42. The van der Waals surface area contributed by atoms with E-state index in [1.54, 1.807) is 17.4 Å². The number of rotatable bonds is 3. The van der Waals surface area contributed by atoms with Gasteiger partial charge in [0.05, 0.1) is 0 Å². The van der Waals surface area contributed by atoms with Gasteiger partial charge in [-0.2, -0.15) is 0 Å². The highest BCUT2D eigenvalue weighted by Crippen LogP contribution is 2.20. The Morgan fingerprint density at radius 1 is 1.38 bits per heavy atom. The Balaban J connectivity index is 2.07. The number of thiazole rings is 1. The molecule has 0 aliphatic rings. The van der Waals surface area contributed by atoms with Gasteiger partial charge in [0, 0.05) is 17.1 Å². The van der Waals surface area contributed by atoms with Gasteiger partial charge in [0.2, 0.25) is 0 Å². The van der Waals surface area contributed by atoms with Crippen LogP contribution in [0.4, 0.5) is 4.39 Å². The predicted octanol–water partition coefficient (Wildman–Crippen LogP) is 3.48. The third kappa shape index (κ3) is 2.58. The van der Waals surface area contributed by atoms with Crippen LogP contribution in [0.3, 0.4) is 0 Å². The molecule has 0 atom stereocenters. The summed E-state index contributed by atoms with van der Waals surface area (Å²) in [6.07, 6.45) is 0. The van der Waals surface area contributed by atoms with Gasteiger partial charge in [0.25, 0.3) is 0 Å². The standard InChI is InChI=1S/C12H12FNOS/c1-8-3-4-10(13)5-11(8)15-6-12-14-9(2)7-16-12/h3-5,7H,6H2,1-2H3. The lowest BCUT2D eigenvalue weighted by atomic mass is 10.2. The quantitative estimate of drug-likeness (QED) is 0.815. The molecule has 1 heterocycles. The van der Waals surface area contributed by atoms with Crippen molar-refractivity contribution in [2.24, 2.45) is 0 Å². The third-order valence-corrected chi connectivity index (χ3v) is 3.11. The van der Waals surface area contributed by atoms with Crippen LogP contribution in [-0.2, 0) is 6.61 Å². The number of nitrogens with zero attached hydrogens (tertiary/aromatic N) is 1. The van der Waals surface area contributed by atoms with Crippen molar-refractivity contribution in [1.29, 1.82) is 0 Å². The van der Waals surface area contributed by atoms with Gasteiger partial charge < -0.3 is 4.74 Å². The summed E-state index contributed by atoms with van der Waals surface area (Å²) in [6.45, 7) is 4.22. The minimum absolute atomic E-state index is 0.282. The van der Waals surface area contributed by atoms with E-state index in [2.05, 4.69) is 4.98 Å². The maximum absolute atomic E-state index is 13.0. The average molecular weight is 237 g/mol. The minimum atomic E-state index is -0.282. The molecule has 0 aliphatic carbocycles. The summed E-state index contributed by atoms with van der Waals surface area (Å²) in [7, 11) is 0. The topological polar surface area (TPSA) is 22.1 Å². The van der Waals surface area contributed by atoms with Crippen molar-refractivity contribution in [2.45, 2.75) is 20.5 Å². The molecule has 0 N–H and O–H groups in total. The van der Waals surface area contributed by atoms with Crippen LogP contribution < -0.4 is 4.74 Å². The number of aromatic nitrogens is 1. The second-order valence-electron chi connectivity index (χ2n) is 3.58. The summed E-state index contributed by atoms with van der Waals surface area (Å²) in [6, 6.07) is 4.53. The lowest BCUT2D eigenvalue weighted by Crippen LogP contribution is -1.97. The van der Waals surface area contributed by atoms with Crippen molar-refractivity contribution >= 4 is 11.3 Å². The minimum Gasteiger partial charge on any atom is -0.486 e. The molecule has 0 aliphatic heterocycles. The fourth-order valence-electron chi connectivity index (χ4n) is 1.34. The van der Waals surface area contributed by atoms with Crippen molar-refractivity contribution in [3.8, 4) is 5.75 Å². The third-order valence-electron chi connectivity index (χ3n) is 2.17. The molecule has 16 heavy (non-hydrogen) atoms. The molecule has 1 aromatic carbocycles. The van der Waals surface area contributed by atoms with Crippen LogP contribution in [0, 0.1) is 19.7 Å². The highest BCUT2D eigenvalue weighted by atomic mass is 32.1. The molecule has 2 aromatic rings. The fraction of sp³-hybridized carbons (Fsp3) is 0.250. The SMILES string of the molecule is Cc1csc(COc2cc(F)ccc2C)n1. The first kappa shape index (κ1) is 11.1. The smallest absolute Gasteiger partial charge is 0.140 e. The number of hydrogen-bond acceptors (Lipinski definition) is 3. The van der Waals surface area contributed by atoms with Crippen molar-refractivity contribution in [3.63, 3.8) is 0 Å². The highest BCUT2D eigenvalue weighted by molar-refractivity contribution is 7.09. The van der Waals surface area contributed by atoms with Gasteiger partial charge in [-0.25, -0.2) is 9.37 Å². The van der Waals surface area contributed by atoms with Crippen molar-refractivity contribution < 1.29 is 9.13 Å². The van der Waals surface area contributed by atoms with Crippen LogP contribution in [-0.4, -0.2) is 4.98 Å². The monoisotopic (exact) mass is 237 g/mol. The molecule has 1 aromatic heterocycles. The molecule has 84 valence electrons. The van der Waals surface area contributed by atoms with Gasteiger partial charge in [0.1, 0.15) is 23.2 Å². The number of ether oxygens (including phenoxy) is 1. The molecule has 0 bridgehead atoms. The fourth-order valence-corrected chi connectivity index (χ4v) is 2.02. The zero-order valence-corrected chi connectivity index (χ0v) is 9.97. The highest BCUT2D eigenvalue weighted by Gasteiger charge is 2.04. The maximum atomic E-state index is 13.0. The molecule has 0 spiro atoms. The Morgan fingerprint density at radius 3 is 2.88 bits per heavy atom. The summed E-state index contributed by atoms with van der Waals surface area (Å²) in [5.74, 6) is 0.295. The molecule has 2 nitrogen and oxygen atoms in total. The molecule has 0 amide bonds. The summed E-state index contributed by atoms with van der Waals surface area (Å²) < 4.78 is 18.5. The van der Waals surface area contributed by atoms with E-state index < -0.39 is 0 Å². The Labute approximate surface area is 97.7 Å². The van der Waals surface area contributed by atoms with E-state index in [1.165, 1.54) is 12.1 Å². The summed E-state index contributed by atoms with van der Waals surface area (Å²) in [4.78, 5) is 4.28. The van der Waals surface area contributed by atoms with Gasteiger partial charge in [-0.05, 0) is 25.5 Å². The molecule has 0 radical (unpaired) electrons. The van der Waals surface area contributed by atoms with E-state index in [-0.39, 0.29) is 5.82 Å². The van der Waals surface area contributed by atoms with Crippen molar-refractivity contribution in [1.82, 2.24) is 4.98 Å². The van der Waals surface area contributed by atoms with Crippen LogP contribution in [0.15, 0.2) is 23.6 Å². The second kappa shape index (κ2) is 4.61. The largest absolute Gasteiger partial charge is 0.486 e. The zero-order valence-electron chi connectivity index (χ0n) is 9.16. The van der Waals surface area contributed by atoms with E-state index in [0.29, 0.717) is 12.4 Å². The first-order valence-corrected chi connectivity index (χ1v) is 5.83. The molecule has 2 rings (SSSR count). The molecule has 0 saturated carbocycles. The molecule has 0 unspecified atom stereocenters. The molecular formula is C12H12FNOS. The van der Waals surface area contributed by atoms with Crippen molar-refractivity contribution in [3.05, 3.63) is 45.7 Å². The lowest BCUT2D eigenvalue weighted by Gasteiger charge is -2.07. The number of aryl methyl sites for hydroxylation is 2. The average Bonchev–Trinajstić information content (AvgIpc) is 2.66. The van der Waals surface area contributed by atoms with Crippen LogP contribution >= 0.6 is 11.3 Å². The first-order chi connectivity index (χ1) is 7.65. The Bertz CT molecular complexity index is 496. The van der Waals surface area contributed by atoms with E-state index >= 15 is 0 Å². The van der Waals surface area contributed by atoms with Gasteiger partial charge in [-0.3, -0.25) is 0 Å².